The maximum absolute atomic E-state index is 12.8. The molecule has 2 aromatic carbocycles. The zero-order valence-corrected chi connectivity index (χ0v) is 18.7. The van der Waals surface area contributed by atoms with Gasteiger partial charge in [-0.05, 0) is 31.9 Å². The highest BCUT2D eigenvalue weighted by Crippen LogP contribution is 2.18. The number of benzene rings is 2. The number of alkyl carbamates (subject to hydrolysis) is 1. The van der Waals surface area contributed by atoms with E-state index in [-0.39, 0.29) is 19.1 Å². The summed E-state index contributed by atoms with van der Waals surface area (Å²) in [5, 5.41) is 13.0. The van der Waals surface area contributed by atoms with Gasteiger partial charge in [-0.25, -0.2) is 9.59 Å². The summed E-state index contributed by atoms with van der Waals surface area (Å²) in [4.78, 5) is 25.1. The second kappa shape index (κ2) is 10.7. The van der Waals surface area contributed by atoms with Gasteiger partial charge in [0.25, 0.3) is 0 Å². The monoisotopic (exact) mass is 438 g/mol. The summed E-state index contributed by atoms with van der Waals surface area (Å²) < 4.78 is 10.8. The Morgan fingerprint density at radius 2 is 1.69 bits per heavy atom. The topological polar surface area (TPSA) is 92.6 Å². The lowest BCUT2D eigenvalue weighted by molar-refractivity contribution is -0.147. The predicted molar refractivity (Wildman–Crippen MR) is 120 cm³/mol. The minimum atomic E-state index is -0.894. The first-order valence-electron chi connectivity index (χ1n) is 10.7. The molecule has 8 heteroatoms. The van der Waals surface area contributed by atoms with Crippen LogP contribution in [-0.2, 0) is 27.4 Å². The van der Waals surface area contributed by atoms with Crippen LogP contribution >= 0.6 is 0 Å². The number of hydrogen-bond acceptors (Lipinski definition) is 7. The molecule has 0 radical (unpaired) electrons. The second-order valence-electron chi connectivity index (χ2n) is 8.72. The van der Waals surface area contributed by atoms with E-state index in [1.807, 2.05) is 65.7 Å². The molecule has 8 nitrogen and oxygen atoms in total. The van der Waals surface area contributed by atoms with Crippen molar-refractivity contribution >= 4 is 12.1 Å². The lowest BCUT2D eigenvalue weighted by Crippen LogP contribution is -2.46. The number of esters is 1. The Morgan fingerprint density at radius 3 is 2.31 bits per heavy atom. The molecule has 170 valence electrons. The average Bonchev–Trinajstić information content (AvgIpc) is 3.18. The van der Waals surface area contributed by atoms with Gasteiger partial charge in [-0.15, -0.1) is 0 Å². The molecule has 1 N–H and O–H groups in total. The highest BCUT2D eigenvalue weighted by atomic mass is 16.6. The lowest BCUT2D eigenvalue weighted by Gasteiger charge is -2.24. The van der Waals surface area contributed by atoms with Crippen LogP contribution in [0.3, 0.4) is 0 Å². The first-order chi connectivity index (χ1) is 15.3. The minimum Gasteiger partial charge on any atom is -0.459 e. The summed E-state index contributed by atoms with van der Waals surface area (Å²) in [6.45, 7) is 6.60. The fraction of sp³-hybridized carbons (Fsp3) is 0.417. The van der Waals surface area contributed by atoms with E-state index in [0.717, 1.165) is 11.1 Å². The fourth-order valence-electron chi connectivity index (χ4n) is 3.24. The SMILES string of the molecule is CC(C)(C)OC(=O)N[C@@H](CC1CN(Cc2ccccc2)N=N1)C(=O)OCc1ccccc1. The first-order valence-corrected chi connectivity index (χ1v) is 10.7. The molecule has 0 fully saturated rings. The van der Waals surface area contributed by atoms with Gasteiger partial charge in [0.1, 0.15) is 18.2 Å². The van der Waals surface area contributed by atoms with E-state index in [4.69, 9.17) is 9.47 Å². The van der Waals surface area contributed by atoms with Crippen molar-refractivity contribution in [1.82, 2.24) is 10.3 Å². The lowest BCUT2D eigenvalue weighted by atomic mass is 10.1. The standard InChI is InChI=1S/C24H30N4O4/c1-24(2,3)32-23(30)25-21(22(29)31-17-19-12-8-5-9-13-19)14-20-16-28(27-26-20)15-18-10-6-4-7-11-18/h4-13,20-21H,14-17H2,1-3H3,(H,25,30)/t20?,21-/m0/s1. The Bertz CT molecular complexity index is 913. The Balaban J connectivity index is 1.59. The summed E-state index contributed by atoms with van der Waals surface area (Å²) in [6.07, 6.45) is -0.406. The Labute approximate surface area is 188 Å². The molecule has 1 aliphatic rings. The van der Waals surface area contributed by atoms with Crippen LogP contribution < -0.4 is 5.32 Å². The summed E-state index contributed by atoms with van der Waals surface area (Å²) in [7, 11) is 0. The van der Waals surface area contributed by atoms with Crippen LogP contribution in [0.25, 0.3) is 0 Å². The smallest absolute Gasteiger partial charge is 0.408 e. The molecular formula is C24H30N4O4. The average molecular weight is 439 g/mol. The largest absolute Gasteiger partial charge is 0.459 e. The number of nitrogens with one attached hydrogen (secondary N) is 1. The molecule has 0 aliphatic carbocycles. The predicted octanol–water partition coefficient (Wildman–Crippen LogP) is 4.26. The molecule has 1 aliphatic heterocycles. The molecular weight excluding hydrogens is 408 g/mol. The van der Waals surface area contributed by atoms with Crippen LogP contribution in [0.2, 0.25) is 0 Å². The number of carbonyl (C=O) groups excluding carboxylic acids is 2. The van der Waals surface area contributed by atoms with Gasteiger partial charge in [0.2, 0.25) is 0 Å². The molecule has 32 heavy (non-hydrogen) atoms. The zero-order valence-electron chi connectivity index (χ0n) is 18.7. The van der Waals surface area contributed by atoms with Crippen LogP contribution in [0.5, 0.6) is 0 Å². The summed E-state index contributed by atoms with van der Waals surface area (Å²) in [6, 6.07) is 18.2. The Hall–Kier alpha value is -3.42. The van der Waals surface area contributed by atoms with Gasteiger partial charge in [-0.3, -0.25) is 5.01 Å². The Morgan fingerprint density at radius 1 is 1.06 bits per heavy atom. The molecule has 2 atom stereocenters. The molecule has 0 bridgehead atoms. The molecule has 1 unspecified atom stereocenters. The number of carbonyl (C=O) groups is 2. The third kappa shape index (κ3) is 7.68. The van der Waals surface area contributed by atoms with Crippen molar-refractivity contribution in [2.45, 2.75) is 58.0 Å². The summed E-state index contributed by atoms with van der Waals surface area (Å²) in [5.41, 5.74) is 1.31. The van der Waals surface area contributed by atoms with Gasteiger partial charge in [0, 0.05) is 6.42 Å². The van der Waals surface area contributed by atoms with E-state index < -0.39 is 23.7 Å². The highest BCUT2D eigenvalue weighted by molar-refractivity contribution is 5.81. The maximum Gasteiger partial charge on any atom is 0.408 e. The van der Waals surface area contributed by atoms with Crippen LogP contribution in [0.15, 0.2) is 71.0 Å². The van der Waals surface area contributed by atoms with Crippen LogP contribution in [-0.4, -0.2) is 41.3 Å². The number of hydrogen-bond donors (Lipinski definition) is 1. The van der Waals surface area contributed by atoms with Gasteiger partial charge < -0.3 is 14.8 Å². The number of ether oxygens (including phenoxy) is 2. The number of rotatable bonds is 8. The van der Waals surface area contributed by atoms with E-state index in [0.29, 0.717) is 13.1 Å². The van der Waals surface area contributed by atoms with E-state index in [1.165, 1.54) is 0 Å². The van der Waals surface area contributed by atoms with Gasteiger partial charge in [-0.2, -0.15) is 5.11 Å². The second-order valence-corrected chi connectivity index (χ2v) is 8.72. The molecule has 0 spiro atoms. The molecule has 2 aromatic rings. The summed E-state index contributed by atoms with van der Waals surface area (Å²) in [5.74, 6) is -0.531. The van der Waals surface area contributed by atoms with Crippen LogP contribution in [0.4, 0.5) is 4.79 Å². The minimum absolute atomic E-state index is 0.124. The van der Waals surface area contributed by atoms with Crippen molar-refractivity contribution < 1.29 is 19.1 Å². The van der Waals surface area contributed by atoms with E-state index in [9.17, 15) is 9.59 Å². The normalized spacial score (nSPS) is 16.5. The van der Waals surface area contributed by atoms with E-state index >= 15 is 0 Å². The van der Waals surface area contributed by atoms with Gasteiger partial charge in [0.05, 0.1) is 19.1 Å². The quantitative estimate of drug-likeness (QED) is 0.622. The van der Waals surface area contributed by atoms with Gasteiger partial charge in [0.15, 0.2) is 0 Å². The molecule has 0 aromatic heterocycles. The molecule has 3 rings (SSSR count). The van der Waals surface area contributed by atoms with Crippen molar-refractivity contribution in [3.63, 3.8) is 0 Å². The molecule has 0 saturated heterocycles. The van der Waals surface area contributed by atoms with E-state index in [2.05, 4.69) is 15.7 Å². The van der Waals surface area contributed by atoms with Crippen molar-refractivity contribution in [3.05, 3.63) is 71.8 Å². The maximum atomic E-state index is 12.8. The van der Waals surface area contributed by atoms with Crippen LogP contribution in [0.1, 0.15) is 38.3 Å². The van der Waals surface area contributed by atoms with Crippen molar-refractivity contribution in [3.8, 4) is 0 Å². The van der Waals surface area contributed by atoms with Crippen LogP contribution in [0, 0.1) is 0 Å². The number of nitrogens with zero attached hydrogens (tertiary/aromatic N) is 3. The molecule has 0 saturated carbocycles. The van der Waals surface area contributed by atoms with Crippen molar-refractivity contribution in [2.24, 2.45) is 10.3 Å². The van der Waals surface area contributed by atoms with E-state index in [1.54, 1.807) is 20.8 Å². The number of amides is 1. The third-order valence-electron chi connectivity index (χ3n) is 4.68. The van der Waals surface area contributed by atoms with Crippen molar-refractivity contribution in [2.75, 3.05) is 6.54 Å². The summed E-state index contributed by atoms with van der Waals surface area (Å²) >= 11 is 0. The first kappa shape index (κ1) is 23.2. The van der Waals surface area contributed by atoms with Gasteiger partial charge in [-0.1, -0.05) is 65.9 Å². The zero-order chi connectivity index (χ0) is 23.0. The molecule has 1 amide bonds. The fourth-order valence-corrected chi connectivity index (χ4v) is 3.24. The van der Waals surface area contributed by atoms with Gasteiger partial charge >= 0.3 is 12.1 Å². The highest BCUT2D eigenvalue weighted by Gasteiger charge is 2.31. The van der Waals surface area contributed by atoms with Crippen molar-refractivity contribution in [1.29, 1.82) is 0 Å². The Kier molecular flexibility index (Phi) is 7.81. The molecule has 1 heterocycles. The third-order valence-corrected chi connectivity index (χ3v) is 4.68.